The second kappa shape index (κ2) is 9.84. The highest BCUT2D eigenvalue weighted by Crippen LogP contribution is 2.51. The van der Waals surface area contributed by atoms with Crippen molar-refractivity contribution in [2.75, 3.05) is 18.4 Å². The Morgan fingerprint density at radius 1 is 1.11 bits per heavy atom. The third-order valence-corrected chi connectivity index (χ3v) is 7.60. The molecule has 0 unspecified atom stereocenters. The van der Waals surface area contributed by atoms with E-state index in [2.05, 4.69) is 38.4 Å². The monoisotopic (exact) mass is 498 g/mol. The van der Waals surface area contributed by atoms with Crippen molar-refractivity contribution in [1.29, 1.82) is 0 Å². The second-order valence-electron chi connectivity index (χ2n) is 10.5. The summed E-state index contributed by atoms with van der Waals surface area (Å²) in [6.45, 7) is 4.57. The van der Waals surface area contributed by atoms with Crippen molar-refractivity contribution in [2.24, 2.45) is 13.0 Å². The zero-order valence-electron chi connectivity index (χ0n) is 20.9. The first-order valence-corrected chi connectivity index (χ1v) is 12.7. The number of pyridine rings is 1. The third kappa shape index (κ3) is 4.98. The normalized spacial score (nSPS) is 22.9. The van der Waals surface area contributed by atoms with Gasteiger partial charge in [-0.2, -0.15) is 13.2 Å². The van der Waals surface area contributed by atoms with Crippen LogP contribution in [0, 0.1) is 5.92 Å². The number of anilines is 1. The van der Waals surface area contributed by atoms with E-state index in [4.69, 9.17) is 0 Å². The van der Waals surface area contributed by atoms with Gasteiger partial charge in [-0.1, -0.05) is 25.5 Å². The summed E-state index contributed by atoms with van der Waals surface area (Å²) in [7, 11) is 1.95. The van der Waals surface area contributed by atoms with E-state index < -0.39 is 11.7 Å². The predicted octanol–water partition coefficient (Wildman–Crippen LogP) is 5.54. The molecule has 9 heteroatoms. The molecule has 0 amide bonds. The molecule has 1 aromatic carbocycles. The summed E-state index contributed by atoms with van der Waals surface area (Å²) in [5, 5.41) is 11.7. The smallest absolute Gasteiger partial charge is 0.379 e. The van der Waals surface area contributed by atoms with Gasteiger partial charge in [0.2, 0.25) is 0 Å². The molecule has 1 saturated heterocycles. The number of benzene rings is 1. The van der Waals surface area contributed by atoms with Gasteiger partial charge in [-0.05, 0) is 74.0 Å². The van der Waals surface area contributed by atoms with Gasteiger partial charge in [-0.25, -0.2) is 0 Å². The summed E-state index contributed by atoms with van der Waals surface area (Å²) in [5.41, 5.74) is 1.59. The lowest BCUT2D eigenvalue weighted by molar-refractivity contribution is -0.138. The van der Waals surface area contributed by atoms with Crippen LogP contribution in [0.3, 0.4) is 0 Å². The van der Waals surface area contributed by atoms with Crippen LogP contribution in [0.25, 0.3) is 0 Å². The number of nitrogens with one attached hydrogen (secondary N) is 1. The first-order chi connectivity index (χ1) is 17.2. The van der Waals surface area contributed by atoms with E-state index in [1.807, 2.05) is 29.8 Å². The lowest BCUT2D eigenvalue weighted by Crippen LogP contribution is -2.43. The van der Waals surface area contributed by atoms with Crippen LogP contribution in [0.2, 0.25) is 0 Å². The van der Waals surface area contributed by atoms with Gasteiger partial charge < -0.3 is 9.88 Å². The zero-order valence-corrected chi connectivity index (χ0v) is 20.9. The molecule has 0 atom stereocenters. The lowest BCUT2D eigenvalue weighted by Gasteiger charge is -2.46. The molecule has 2 aliphatic rings. The van der Waals surface area contributed by atoms with Crippen LogP contribution in [0.4, 0.5) is 18.9 Å². The van der Waals surface area contributed by atoms with Crippen LogP contribution in [-0.4, -0.2) is 37.7 Å². The van der Waals surface area contributed by atoms with Crippen LogP contribution >= 0.6 is 0 Å². The van der Waals surface area contributed by atoms with E-state index in [1.54, 1.807) is 12.5 Å². The summed E-state index contributed by atoms with van der Waals surface area (Å²) < 4.78 is 43.8. The number of likely N-dealkylation sites (tertiary alicyclic amines) is 1. The molecule has 6 nitrogen and oxygen atoms in total. The highest BCUT2D eigenvalue weighted by atomic mass is 19.4. The number of aryl methyl sites for hydroxylation is 1. The summed E-state index contributed by atoms with van der Waals surface area (Å²) in [4.78, 5) is 6.46. The van der Waals surface area contributed by atoms with Crippen LogP contribution in [0.1, 0.15) is 67.2 Å². The Balaban J connectivity index is 1.35. The van der Waals surface area contributed by atoms with Crippen LogP contribution in [0.15, 0.2) is 42.9 Å². The highest BCUT2D eigenvalue weighted by molar-refractivity contribution is 5.51. The van der Waals surface area contributed by atoms with Crippen LogP contribution in [0.5, 0.6) is 0 Å². The Morgan fingerprint density at radius 3 is 2.56 bits per heavy atom. The lowest BCUT2D eigenvalue weighted by atomic mass is 9.58. The first kappa shape index (κ1) is 24.7. The largest absolute Gasteiger partial charge is 0.418 e. The van der Waals surface area contributed by atoms with E-state index >= 15 is 0 Å². The number of piperidine rings is 1. The molecule has 2 fully saturated rings. The van der Waals surface area contributed by atoms with E-state index in [1.165, 1.54) is 12.5 Å². The van der Waals surface area contributed by atoms with Crippen LogP contribution < -0.4 is 5.32 Å². The molecule has 3 heterocycles. The fourth-order valence-electron chi connectivity index (χ4n) is 5.89. The molecule has 1 aliphatic carbocycles. The average molecular weight is 499 g/mol. The van der Waals surface area contributed by atoms with Gasteiger partial charge >= 0.3 is 6.18 Å². The second-order valence-corrected chi connectivity index (χ2v) is 10.5. The summed E-state index contributed by atoms with van der Waals surface area (Å²) >= 11 is 0. The molecule has 0 spiro atoms. The van der Waals surface area contributed by atoms with Crippen molar-refractivity contribution in [3.63, 3.8) is 0 Å². The number of aromatic nitrogens is 4. The minimum Gasteiger partial charge on any atom is -0.379 e. The van der Waals surface area contributed by atoms with Crippen molar-refractivity contribution in [2.45, 2.75) is 63.7 Å². The minimum absolute atomic E-state index is 0.00431. The molecule has 2 aromatic heterocycles. The molecule has 1 saturated carbocycles. The molecule has 1 N–H and O–H groups in total. The maximum atomic E-state index is 13.9. The Morgan fingerprint density at radius 2 is 1.89 bits per heavy atom. The van der Waals surface area contributed by atoms with Crippen molar-refractivity contribution < 1.29 is 13.2 Å². The van der Waals surface area contributed by atoms with E-state index in [0.29, 0.717) is 18.0 Å². The fraction of sp³-hybridized carbons (Fsp3) is 0.519. The topological polar surface area (TPSA) is 58.9 Å². The van der Waals surface area contributed by atoms with Crippen molar-refractivity contribution in [1.82, 2.24) is 24.6 Å². The number of halogens is 3. The van der Waals surface area contributed by atoms with Gasteiger partial charge in [-0.3, -0.25) is 9.88 Å². The maximum Gasteiger partial charge on any atom is 0.418 e. The molecule has 1 aliphatic heterocycles. The van der Waals surface area contributed by atoms with Crippen molar-refractivity contribution in [3.8, 4) is 0 Å². The van der Waals surface area contributed by atoms with Gasteiger partial charge in [-0.15, -0.1) is 10.2 Å². The zero-order chi connectivity index (χ0) is 25.3. The number of nitrogens with zero attached hydrogens (tertiary/aromatic N) is 5. The standard InChI is InChI=1S/C27H33F3N6/c1-19-13-26(14-19,25-34-33-18-35(25)2)21-7-6-8-22(12-21)31-16-24-23(27(28,29)30)11-20(15-32-24)17-36-9-4-3-5-10-36/h6-8,11-12,15,18-19,31H,3-5,9-10,13-14,16-17H2,1-2H3. The maximum absolute atomic E-state index is 13.9. The number of hydrogen-bond acceptors (Lipinski definition) is 5. The van der Waals surface area contributed by atoms with E-state index in [0.717, 1.165) is 55.8 Å². The van der Waals surface area contributed by atoms with E-state index in [-0.39, 0.29) is 17.7 Å². The van der Waals surface area contributed by atoms with Gasteiger partial charge in [0.1, 0.15) is 12.2 Å². The highest BCUT2D eigenvalue weighted by Gasteiger charge is 2.48. The SMILES string of the molecule is CC1CC(c2cccc(NCc3ncc(CN4CCCCC4)cc3C(F)(F)F)c2)(c2nncn2C)C1. The Bertz CT molecular complexity index is 1190. The fourth-order valence-corrected chi connectivity index (χ4v) is 5.89. The summed E-state index contributed by atoms with van der Waals surface area (Å²) in [5.74, 6) is 1.49. The molecular formula is C27H33F3N6. The quantitative estimate of drug-likeness (QED) is 0.463. The number of alkyl halides is 3. The molecule has 0 bridgehead atoms. The van der Waals surface area contributed by atoms with Gasteiger partial charge in [0.25, 0.3) is 0 Å². The molecule has 192 valence electrons. The number of hydrogen-bond donors (Lipinski definition) is 1. The number of rotatable bonds is 7. The molecular weight excluding hydrogens is 465 g/mol. The Labute approximate surface area is 209 Å². The summed E-state index contributed by atoms with van der Waals surface area (Å²) in [6.07, 6.45) is 4.14. The van der Waals surface area contributed by atoms with Crippen molar-refractivity contribution in [3.05, 3.63) is 71.1 Å². The molecule has 3 aromatic rings. The summed E-state index contributed by atoms with van der Waals surface area (Å²) in [6, 6.07) is 9.19. The predicted molar refractivity (Wildman–Crippen MR) is 132 cm³/mol. The van der Waals surface area contributed by atoms with Gasteiger partial charge in [0.05, 0.1) is 23.2 Å². The van der Waals surface area contributed by atoms with Crippen LogP contribution in [-0.2, 0) is 31.7 Å². The first-order valence-electron chi connectivity index (χ1n) is 12.7. The van der Waals surface area contributed by atoms with Gasteiger partial charge in [0, 0.05) is 25.5 Å². The Hall–Kier alpha value is -2.94. The Kier molecular flexibility index (Phi) is 6.76. The molecule has 0 radical (unpaired) electrons. The van der Waals surface area contributed by atoms with E-state index in [9.17, 15) is 13.2 Å². The van der Waals surface area contributed by atoms with Crippen molar-refractivity contribution >= 4 is 5.69 Å². The third-order valence-electron chi connectivity index (χ3n) is 7.60. The molecule has 5 rings (SSSR count). The molecule has 36 heavy (non-hydrogen) atoms. The van der Waals surface area contributed by atoms with Gasteiger partial charge in [0.15, 0.2) is 0 Å². The average Bonchev–Trinajstić information content (AvgIpc) is 3.27. The minimum atomic E-state index is -4.46.